The Kier molecular flexibility index (Phi) is 7.31. The van der Waals surface area contributed by atoms with Gasteiger partial charge in [0.05, 0.1) is 5.69 Å². The van der Waals surface area contributed by atoms with Crippen molar-refractivity contribution < 1.29 is 9.90 Å². The molecule has 0 aliphatic carbocycles. The van der Waals surface area contributed by atoms with Crippen LogP contribution >= 0.6 is 0 Å². The molecule has 0 saturated carbocycles. The SMILES string of the molecule is CCc1c2[nH]c(c1C)/C=C1/CC/C(=C(\c3ccccc3)c3[nH]c(c(C)c3CCC(=O)O)/C=c3\[nH]/c(c(C)c3CC)=C\2)N1. The number of aliphatic carboxylic acids is 1. The number of allylic oxidation sites excluding steroid dienone is 2. The van der Waals surface area contributed by atoms with Crippen LogP contribution in [0.5, 0.6) is 0 Å². The molecule has 5 N–H and O–H groups in total. The van der Waals surface area contributed by atoms with E-state index in [2.05, 4.69) is 97.4 Å². The molecule has 1 saturated heterocycles. The first-order valence-electron chi connectivity index (χ1n) is 15.1. The van der Waals surface area contributed by atoms with Crippen molar-refractivity contribution in [1.29, 1.82) is 0 Å². The highest BCUT2D eigenvalue weighted by Crippen LogP contribution is 2.37. The molecule has 5 heterocycles. The smallest absolute Gasteiger partial charge is 0.303 e. The van der Waals surface area contributed by atoms with Crippen molar-refractivity contribution in [2.45, 2.75) is 73.1 Å². The van der Waals surface area contributed by atoms with Crippen molar-refractivity contribution in [3.05, 3.63) is 114 Å². The second kappa shape index (κ2) is 11.1. The second-order valence-electron chi connectivity index (χ2n) is 11.5. The van der Waals surface area contributed by atoms with Crippen molar-refractivity contribution in [2.24, 2.45) is 0 Å². The molecule has 0 spiro atoms. The van der Waals surface area contributed by atoms with Crippen molar-refractivity contribution in [2.75, 3.05) is 0 Å². The Morgan fingerprint density at radius 3 is 2.17 bits per heavy atom. The zero-order valence-corrected chi connectivity index (χ0v) is 25.2. The fourth-order valence-corrected chi connectivity index (χ4v) is 6.77. The summed E-state index contributed by atoms with van der Waals surface area (Å²) in [6.07, 6.45) is 10.9. The molecule has 4 aromatic rings. The number of carboxylic acids is 1. The van der Waals surface area contributed by atoms with Gasteiger partial charge >= 0.3 is 5.97 Å². The predicted molar refractivity (Wildman–Crippen MR) is 170 cm³/mol. The maximum Gasteiger partial charge on any atom is 0.303 e. The molecule has 0 atom stereocenters. The van der Waals surface area contributed by atoms with Crippen molar-refractivity contribution in [3.63, 3.8) is 0 Å². The van der Waals surface area contributed by atoms with E-state index in [0.717, 1.165) is 87.1 Å². The number of rotatable bonds is 6. The number of aromatic amines is 3. The molecular formula is C36H40N4O2. The zero-order valence-electron chi connectivity index (χ0n) is 25.2. The highest BCUT2D eigenvalue weighted by Gasteiger charge is 2.25. The first kappa shape index (κ1) is 27.7. The third-order valence-corrected chi connectivity index (χ3v) is 9.08. The first-order valence-corrected chi connectivity index (χ1v) is 15.1. The summed E-state index contributed by atoms with van der Waals surface area (Å²) >= 11 is 0. The topological polar surface area (TPSA) is 96.7 Å². The standard InChI is InChI=1S/C36H40N4O2/c1-6-25-20(3)29-17-24-13-15-28(37-24)35(23-11-9-8-10-12-23)36-27(14-16-34(41)42)22(5)31(40-36)19-33-26(7-2)21(4)30(39-33)18-32(25)38-29/h8-12,17-19,37-40H,6-7,13-16H2,1-5H3,(H,41,42)/b24-17-,30-18-,33-19-,35-28-. The predicted octanol–water partition coefficient (Wildman–Crippen LogP) is 5.89. The van der Waals surface area contributed by atoms with Crippen LogP contribution < -0.4 is 16.0 Å². The zero-order chi connectivity index (χ0) is 29.5. The molecule has 0 radical (unpaired) electrons. The van der Waals surface area contributed by atoms with Crippen molar-refractivity contribution >= 4 is 29.8 Å². The van der Waals surface area contributed by atoms with Gasteiger partial charge in [0, 0.05) is 51.2 Å². The number of hydrogen-bond acceptors (Lipinski definition) is 2. The van der Waals surface area contributed by atoms with E-state index in [4.69, 9.17) is 0 Å². The summed E-state index contributed by atoms with van der Waals surface area (Å²) < 4.78 is 0. The molecule has 6 nitrogen and oxygen atoms in total. The van der Waals surface area contributed by atoms with E-state index in [9.17, 15) is 9.90 Å². The summed E-state index contributed by atoms with van der Waals surface area (Å²) in [6, 6.07) is 10.5. The van der Waals surface area contributed by atoms with Gasteiger partial charge in [0.2, 0.25) is 0 Å². The van der Waals surface area contributed by atoms with Gasteiger partial charge in [-0.3, -0.25) is 4.79 Å². The molecule has 2 aliphatic rings. The molecular weight excluding hydrogens is 520 g/mol. The van der Waals surface area contributed by atoms with Gasteiger partial charge in [-0.25, -0.2) is 0 Å². The van der Waals surface area contributed by atoms with Crippen LogP contribution in [0.2, 0.25) is 0 Å². The van der Waals surface area contributed by atoms with E-state index in [-0.39, 0.29) is 6.42 Å². The minimum Gasteiger partial charge on any atom is -0.481 e. The van der Waals surface area contributed by atoms with Gasteiger partial charge in [-0.05, 0) is 110 Å². The number of H-pyrrole nitrogens is 3. The monoisotopic (exact) mass is 560 g/mol. The Balaban J connectivity index is 1.70. The number of carboxylic acid groups (broad SMARTS) is 1. The lowest BCUT2D eigenvalue weighted by molar-refractivity contribution is -0.136. The van der Waals surface area contributed by atoms with Gasteiger partial charge in [-0.1, -0.05) is 44.2 Å². The molecule has 6 heteroatoms. The summed E-state index contributed by atoms with van der Waals surface area (Å²) in [5.41, 5.74) is 16.2. The number of hydrogen-bond donors (Lipinski definition) is 5. The van der Waals surface area contributed by atoms with Crippen LogP contribution in [-0.2, 0) is 24.1 Å². The fourth-order valence-electron chi connectivity index (χ4n) is 6.77. The van der Waals surface area contributed by atoms with E-state index in [1.165, 1.54) is 28.0 Å². The van der Waals surface area contributed by atoms with E-state index in [0.29, 0.717) is 6.42 Å². The average Bonchev–Trinajstić information content (AvgIpc) is 3.70. The normalized spacial score (nSPS) is 18.9. The Labute approximate surface area is 247 Å². The van der Waals surface area contributed by atoms with Crippen LogP contribution in [0.3, 0.4) is 0 Å². The minimum atomic E-state index is -0.788. The Hall–Kier alpha value is -4.45. The molecule has 0 amide bonds. The molecule has 216 valence electrons. The van der Waals surface area contributed by atoms with Crippen molar-refractivity contribution in [3.8, 4) is 0 Å². The lowest BCUT2D eigenvalue weighted by Gasteiger charge is -2.14. The van der Waals surface area contributed by atoms with Crippen LogP contribution in [0.1, 0.15) is 94.8 Å². The fraction of sp³-hybridized carbons (Fsp3) is 0.306. The third kappa shape index (κ3) is 4.85. The molecule has 0 unspecified atom stereocenters. The van der Waals surface area contributed by atoms with Gasteiger partial charge in [0.25, 0.3) is 0 Å². The minimum absolute atomic E-state index is 0.0794. The number of benzene rings is 1. The maximum atomic E-state index is 11.7. The second-order valence-corrected chi connectivity index (χ2v) is 11.5. The Bertz CT molecular complexity index is 1880. The van der Waals surface area contributed by atoms with E-state index < -0.39 is 5.97 Å². The van der Waals surface area contributed by atoms with E-state index in [1.54, 1.807) is 0 Å². The third-order valence-electron chi connectivity index (χ3n) is 9.08. The van der Waals surface area contributed by atoms with Crippen LogP contribution in [0.4, 0.5) is 0 Å². The highest BCUT2D eigenvalue weighted by atomic mass is 16.4. The summed E-state index contributed by atoms with van der Waals surface area (Å²) in [7, 11) is 0. The van der Waals surface area contributed by atoms with Crippen molar-refractivity contribution in [1.82, 2.24) is 20.3 Å². The lowest BCUT2D eigenvalue weighted by Crippen LogP contribution is -2.12. The number of carbonyl (C=O) groups is 1. The van der Waals surface area contributed by atoms with E-state index >= 15 is 0 Å². The highest BCUT2D eigenvalue weighted by molar-refractivity contribution is 5.84. The quantitative estimate of drug-likeness (QED) is 0.203. The summed E-state index contributed by atoms with van der Waals surface area (Å²) in [6.45, 7) is 10.9. The summed E-state index contributed by atoms with van der Waals surface area (Å²) in [4.78, 5) is 23.0. The van der Waals surface area contributed by atoms with Gasteiger partial charge in [-0.15, -0.1) is 0 Å². The first-order chi connectivity index (χ1) is 20.3. The largest absolute Gasteiger partial charge is 0.481 e. The molecule has 42 heavy (non-hydrogen) atoms. The van der Waals surface area contributed by atoms with Crippen LogP contribution in [0, 0.1) is 20.8 Å². The molecule has 6 rings (SSSR count). The number of fused-ring (bicyclic) bond motifs is 8. The lowest BCUT2D eigenvalue weighted by atomic mass is 9.94. The molecule has 1 aromatic carbocycles. The van der Waals surface area contributed by atoms with E-state index in [1.807, 2.05) is 6.07 Å². The van der Waals surface area contributed by atoms with Crippen LogP contribution in [0.15, 0.2) is 41.7 Å². The molecule has 2 aliphatic heterocycles. The van der Waals surface area contributed by atoms with Gasteiger partial charge in [-0.2, -0.15) is 0 Å². The number of aromatic nitrogens is 3. The van der Waals surface area contributed by atoms with Crippen LogP contribution in [0.25, 0.3) is 23.8 Å². The maximum absolute atomic E-state index is 11.7. The number of nitrogens with one attached hydrogen (secondary N) is 4. The molecule has 3 aromatic heterocycles. The average molecular weight is 561 g/mol. The van der Waals surface area contributed by atoms with Gasteiger partial charge in [0.1, 0.15) is 0 Å². The van der Waals surface area contributed by atoms with Gasteiger partial charge in [0.15, 0.2) is 0 Å². The molecule has 1 fully saturated rings. The Morgan fingerprint density at radius 2 is 1.45 bits per heavy atom. The van der Waals surface area contributed by atoms with Crippen LogP contribution in [-0.4, -0.2) is 26.0 Å². The molecule has 8 bridgehead atoms. The summed E-state index contributed by atoms with van der Waals surface area (Å²) in [5, 5.41) is 15.6. The Morgan fingerprint density at radius 1 is 0.762 bits per heavy atom. The summed E-state index contributed by atoms with van der Waals surface area (Å²) in [5.74, 6) is -0.788. The van der Waals surface area contributed by atoms with Gasteiger partial charge < -0.3 is 25.4 Å².